The van der Waals surface area contributed by atoms with Gasteiger partial charge < -0.3 is 5.11 Å². The van der Waals surface area contributed by atoms with Crippen molar-refractivity contribution in [1.29, 1.82) is 0 Å². The monoisotopic (exact) mass is 169 g/mol. The zero-order chi connectivity index (χ0) is 7.84. The zero-order valence-corrected chi connectivity index (χ0v) is 6.23. The van der Waals surface area contributed by atoms with Gasteiger partial charge in [0.2, 0.25) is 0 Å². The number of halogens is 1. The third-order valence-corrected chi connectivity index (χ3v) is 2.22. The van der Waals surface area contributed by atoms with Crippen molar-refractivity contribution in [3.8, 4) is 5.75 Å². The molecule has 0 saturated carbocycles. The average molecular weight is 169 g/mol. The predicted octanol–water partition coefficient (Wildman–Crippen LogP) is 2.14. The Hall–Kier alpha value is -1.16. The van der Waals surface area contributed by atoms with Gasteiger partial charge in [0.1, 0.15) is 5.52 Å². The van der Waals surface area contributed by atoms with Gasteiger partial charge in [-0.2, -0.15) is 0 Å². The van der Waals surface area contributed by atoms with Crippen molar-refractivity contribution in [3.63, 3.8) is 0 Å². The summed E-state index contributed by atoms with van der Waals surface area (Å²) in [7, 11) is 0. The first kappa shape index (κ1) is 6.54. The largest absolute Gasteiger partial charge is 0.503 e. The molecule has 2 rings (SSSR count). The molecule has 4 heteroatoms. The van der Waals surface area contributed by atoms with Crippen molar-refractivity contribution in [2.24, 2.45) is 0 Å². The van der Waals surface area contributed by atoms with Gasteiger partial charge in [0.25, 0.3) is 0 Å². The topological polar surface area (TPSA) is 33.1 Å². The number of hydrogen-bond donors (Lipinski definition) is 1. The van der Waals surface area contributed by atoms with Crippen molar-refractivity contribution >= 4 is 21.6 Å². The van der Waals surface area contributed by atoms with Gasteiger partial charge in [0.05, 0.1) is 10.2 Å². The van der Waals surface area contributed by atoms with E-state index >= 15 is 0 Å². The van der Waals surface area contributed by atoms with Gasteiger partial charge in [0, 0.05) is 0 Å². The highest BCUT2D eigenvalue weighted by Crippen LogP contribution is 2.28. The molecule has 1 aromatic carbocycles. The van der Waals surface area contributed by atoms with Gasteiger partial charge >= 0.3 is 0 Å². The molecule has 0 bridgehead atoms. The Morgan fingerprint density at radius 1 is 1.45 bits per heavy atom. The first-order valence-electron chi connectivity index (χ1n) is 2.99. The summed E-state index contributed by atoms with van der Waals surface area (Å²) in [6.45, 7) is 0. The van der Waals surface area contributed by atoms with E-state index in [0.29, 0.717) is 5.52 Å². The van der Waals surface area contributed by atoms with Crippen molar-refractivity contribution < 1.29 is 9.50 Å². The van der Waals surface area contributed by atoms with Crippen LogP contribution in [0.25, 0.3) is 10.2 Å². The summed E-state index contributed by atoms with van der Waals surface area (Å²) in [5.74, 6) is -0.979. The normalized spacial score (nSPS) is 10.6. The molecule has 1 aromatic heterocycles. The fourth-order valence-electron chi connectivity index (χ4n) is 0.892. The van der Waals surface area contributed by atoms with Gasteiger partial charge in [-0.25, -0.2) is 9.37 Å². The van der Waals surface area contributed by atoms with Crippen LogP contribution in [-0.4, -0.2) is 10.1 Å². The third kappa shape index (κ3) is 0.867. The molecule has 0 aliphatic rings. The number of benzene rings is 1. The SMILES string of the molecule is Oc1c(F)ccc2scnc12. The summed E-state index contributed by atoms with van der Waals surface area (Å²) in [5.41, 5.74) is 1.92. The van der Waals surface area contributed by atoms with E-state index in [1.165, 1.54) is 17.4 Å². The Labute approximate surface area is 65.9 Å². The van der Waals surface area contributed by atoms with Crippen molar-refractivity contribution in [3.05, 3.63) is 23.5 Å². The zero-order valence-electron chi connectivity index (χ0n) is 5.41. The second kappa shape index (κ2) is 2.17. The van der Waals surface area contributed by atoms with Crippen LogP contribution in [0.2, 0.25) is 0 Å². The first-order chi connectivity index (χ1) is 5.29. The third-order valence-electron chi connectivity index (χ3n) is 1.43. The number of phenols is 1. The Bertz CT molecular complexity index is 398. The van der Waals surface area contributed by atoms with E-state index in [9.17, 15) is 4.39 Å². The lowest BCUT2D eigenvalue weighted by Gasteiger charge is -1.93. The molecule has 1 heterocycles. The van der Waals surface area contributed by atoms with Gasteiger partial charge in [-0.1, -0.05) is 0 Å². The van der Waals surface area contributed by atoms with Crippen LogP contribution >= 0.6 is 11.3 Å². The summed E-state index contributed by atoms with van der Waals surface area (Å²) in [6.07, 6.45) is 0. The standard InChI is InChI=1S/C7H4FNOS/c8-4-1-2-5-6(7(4)10)9-3-11-5/h1-3,10H. The summed E-state index contributed by atoms with van der Waals surface area (Å²) < 4.78 is 13.4. The van der Waals surface area contributed by atoms with E-state index in [1.807, 2.05) is 0 Å². The number of aromatic hydroxyl groups is 1. The van der Waals surface area contributed by atoms with Crippen LogP contribution in [0.5, 0.6) is 5.75 Å². The molecule has 0 aliphatic carbocycles. The molecule has 2 aromatic rings. The summed E-state index contributed by atoms with van der Waals surface area (Å²) in [5, 5.41) is 9.12. The molecule has 56 valence electrons. The number of fused-ring (bicyclic) bond motifs is 1. The molecule has 11 heavy (non-hydrogen) atoms. The molecule has 0 saturated heterocycles. The minimum absolute atomic E-state index is 0.343. The molecule has 0 atom stereocenters. The Balaban J connectivity index is 2.93. The molecule has 0 amide bonds. The summed E-state index contributed by atoms with van der Waals surface area (Å²) >= 11 is 1.37. The maximum absolute atomic E-state index is 12.6. The number of rotatable bonds is 0. The lowest BCUT2D eigenvalue weighted by molar-refractivity contribution is 0.438. The highest BCUT2D eigenvalue weighted by Gasteiger charge is 2.06. The smallest absolute Gasteiger partial charge is 0.178 e. The van der Waals surface area contributed by atoms with E-state index in [2.05, 4.69) is 4.98 Å². The van der Waals surface area contributed by atoms with E-state index < -0.39 is 5.82 Å². The fourth-order valence-corrected chi connectivity index (χ4v) is 1.57. The highest BCUT2D eigenvalue weighted by molar-refractivity contribution is 7.16. The molecule has 0 radical (unpaired) electrons. The fraction of sp³-hybridized carbons (Fsp3) is 0. The van der Waals surface area contributed by atoms with E-state index in [1.54, 1.807) is 11.6 Å². The molecular weight excluding hydrogens is 165 g/mol. The van der Waals surface area contributed by atoms with Gasteiger partial charge in [-0.15, -0.1) is 11.3 Å². The maximum atomic E-state index is 12.6. The van der Waals surface area contributed by atoms with Gasteiger partial charge in [0.15, 0.2) is 11.6 Å². The van der Waals surface area contributed by atoms with Gasteiger partial charge in [-0.05, 0) is 12.1 Å². The Kier molecular flexibility index (Phi) is 1.29. The first-order valence-corrected chi connectivity index (χ1v) is 3.87. The average Bonchev–Trinajstić information content (AvgIpc) is 2.45. The molecule has 2 nitrogen and oxygen atoms in total. The van der Waals surface area contributed by atoms with E-state index in [4.69, 9.17) is 5.11 Å². The molecular formula is C7H4FNOS. The van der Waals surface area contributed by atoms with Crippen molar-refractivity contribution in [2.75, 3.05) is 0 Å². The highest BCUT2D eigenvalue weighted by atomic mass is 32.1. The van der Waals surface area contributed by atoms with Crippen LogP contribution in [0.3, 0.4) is 0 Å². The molecule has 0 unspecified atom stereocenters. The van der Waals surface area contributed by atoms with E-state index in [-0.39, 0.29) is 5.75 Å². The van der Waals surface area contributed by atoms with Crippen LogP contribution < -0.4 is 0 Å². The number of aromatic nitrogens is 1. The number of phenolic OH excluding ortho intramolecular Hbond substituents is 1. The quantitative estimate of drug-likeness (QED) is 0.655. The van der Waals surface area contributed by atoms with Crippen LogP contribution in [0.4, 0.5) is 4.39 Å². The van der Waals surface area contributed by atoms with Crippen LogP contribution in [0, 0.1) is 5.82 Å². The summed E-state index contributed by atoms with van der Waals surface area (Å²) in [6, 6.07) is 2.83. The van der Waals surface area contributed by atoms with E-state index in [0.717, 1.165) is 4.70 Å². The predicted molar refractivity (Wildman–Crippen MR) is 41.2 cm³/mol. The minimum Gasteiger partial charge on any atom is -0.503 e. The number of thiazole rings is 1. The second-order valence-corrected chi connectivity index (χ2v) is 2.98. The molecule has 0 spiro atoms. The molecule has 1 N–H and O–H groups in total. The van der Waals surface area contributed by atoms with Crippen LogP contribution in [-0.2, 0) is 0 Å². The van der Waals surface area contributed by atoms with Crippen molar-refractivity contribution in [2.45, 2.75) is 0 Å². The molecule has 0 aliphatic heterocycles. The molecule has 0 fully saturated rings. The maximum Gasteiger partial charge on any atom is 0.178 e. The Morgan fingerprint density at radius 2 is 2.27 bits per heavy atom. The minimum atomic E-state index is -0.622. The lowest BCUT2D eigenvalue weighted by atomic mass is 10.3. The lowest BCUT2D eigenvalue weighted by Crippen LogP contribution is -1.76. The Morgan fingerprint density at radius 3 is 3.09 bits per heavy atom. The van der Waals surface area contributed by atoms with Gasteiger partial charge in [-0.3, -0.25) is 0 Å². The van der Waals surface area contributed by atoms with Crippen LogP contribution in [0.15, 0.2) is 17.6 Å². The number of hydrogen-bond acceptors (Lipinski definition) is 3. The van der Waals surface area contributed by atoms with Crippen LogP contribution in [0.1, 0.15) is 0 Å². The second-order valence-electron chi connectivity index (χ2n) is 2.10. The number of nitrogens with zero attached hydrogens (tertiary/aromatic N) is 1. The summed E-state index contributed by atoms with van der Waals surface area (Å²) in [4.78, 5) is 3.81. The van der Waals surface area contributed by atoms with Crippen molar-refractivity contribution in [1.82, 2.24) is 4.98 Å².